The van der Waals surface area contributed by atoms with Crippen molar-refractivity contribution in [3.63, 3.8) is 0 Å². The van der Waals surface area contributed by atoms with Crippen molar-refractivity contribution >= 4 is 17.5 Å². The zero-order chi connectivity index (χ0) is 14.0. The second-order valence-electron chi connectivity index (χ2n) is 6.19. The van der Waals surface area contributed by atoms with Crippen molar-refractivity contribution in [3.05, 3.63) is 23.2 Å². The van der Waals surface area contributed by atoms with Crippen LogP contribution in [0.2, 0.25) is 0 Å². The molecule has 1 unspecified atom stereocenters. The van der Waals surface area contributed by atoms with Crippen LogP contribution in [0, 0.1) is 12.3 Å². The molecule has 0 fully saturated rings. The molecule has 0 bridgehead atoms. The lowest BCUT2D eigenvalue weighted by molar-refractivity contribution is -0.122. The van der Waals surface area contributed by atoms with Crippen LogP contribution >= 0.6 is 11.6 Å². The molecule has 1 atom stereocenters. The second kappa shape index (κ2) is 5.58. The van der Waals surface area contributed by atoms with Gasteiger partial charge < -0.3 is 9.73 Å². The fraction of sp³-hybridized carbons (Fsp3) is 0.667. The Morgan fingerprint density at radius 2 is 2.32 bits per heavy atom. The molecule has 106 valence electrons. The third-order valence-corrected chi connectivity index (χ3v) is 3.88. The summed E-state index contributed by atoms with van der Waals surface area (Å²) in [4.78, 5) is 11.9. The molecule has 0 spiro atoms. The predicted octanol–water partition coefficient (Wildman–Crippen LogP) is 3.74. The molecule has 0 aromatic carbocycles. The Kier molecular flexibility index (Phi) is 4.24. The van der Waals surface area contributed by atoms with E-state index in [-0.39, 0.29) is 17.4 Å². The lowest BCUT2D eigenvalue weighted by Gasteiger charge is -2.34. The average Bonchev–Trinajstić information content (AvgIpc) is 2.65. The fourth-order valence-electron chi connectivity index (χ4n) is 2.81. The van der Waals surface area contributed by atoms with E-state index in [9.17, 15) is 4.79 Å². The summed E-state index contributed by atoms with van der Waals surface area (Å²) in [6, 6.07) is 2.12. The Hall–Kier alpha value is -0.960. The van der Waals surface area contributed by atoms with Crippen LogP contribution in [0.1, 0.15) is 56.2 Å². The van der Waals surface area contributed by atoms with Crippen molar-refractivity contribution in [1.82, 2.24) is 5.32 Å². The molecule has 0 saturated carbocycles. The molecule has 0 radical (unpaired) electrons. The minimum Gasteiger partial charge on any atom is -0.466 e. The smallest absolute Gasteiger partial charge is 0.220 e. The summed E-state index contributed by atoms with van der Waals surface area (Å²) in [5.74, 6) is 2.55. The minimum atomic E-state index is 0.0685. The number of carbonyl (C=O) groups is 1. The molecule has 0 aliphatic heterocycles. The summed E-state index contributed by atoms with van der Waals surface area (Å²) in [6.45, 7) is 6.38. The fourth-order valence-corrected chi connectivity index (χ4v) is 2.94. The van der Waals surface area contributed by atoms with Crippen LogP contribution < -0.4 is 5.32 Å². The van der Waals surface area contributed by atoms with E-state index in [0.717, 1.165) is 36.3 Å². The van der Waals surface area contributed by atoms with Crippen LogP contribution in [0.3, 0.4) is 0 Å². The largest absolute Gasteiger partial charge is 0.466 e. The molecular weight excluding hydrogens is 262 g/mol. The number of rotatable bonds is 4. The van der Waals surface area contributed by atoms with E-state index in [1.807, 2.05) is 6.92 Å². The summed E-state index contributed by atoms with van der Waals surface area (Å²) in [5.41, 5.74) is 1.30. The molecule has 3 nitrogen and oxygen atoms in total. The zero-order valence-electron chi connectivity index (χ0n) is 11.9. The Bertz CT molecular complexity index is 465. The molecule has 1 N–H and O–H groups in total. The molecule has 1 heterocycles. The van der Waals surface area contributed by atoms with Gasteiger partial charge in [-0.15, -0.1) is 11.6 Å². The molecule has 0 saturated heterocycles. The number of amides is 1. The van der Waals surface area contributed by atoms with Gasteiger partial charge >= 0.3 is 0 Å². The number of hydrogen-bond donors (Lipinski definition) is 1. The highest BCUT2D eigenvalue weighted by molar-refractivity contribution is 6.17. The lowest BCUT2D eigenvalue weighted by Crippen LogP contribution is -2.35. The first-order chi connectivity index (χ1) is 8.91. The van der Waals surface area contributed by atoms with Crippen LogP contribution in [-0.2, 0) is 11.2 Å². The molecule has 1 amide bonds. The Balaban J connectivity index is 2.13. The van der Waals surface area contributed by atoms with Gasteiger partial charge in [0.15, 0.2) is 0 Å². The van der Waals surface area contributed by atoms with Crippen LogP contribution in [0.4, 0.5) is 0 Å². The lowest BCUT2D eigenvalue weighted by atomic mass is 9.74. The van der Waals surface area contributed by atoms with Gasteiger partial charge in [-0.05, 0) is 31.2 Å². The Morgan fingerprint density at radius 1 is 1.58 bits per heavy atom. The average molecular weight is 284 g/mol. The molecule has 2 rings (SSSR count). The monoisotopic (exact) mass is 283 g/mol. The maximum Gasteiger partial charge on any atom is 0.220 e. The summed E-state index contributed by atoms with van der Waals surface area (Å²) >= 11 is 5.62. The van der Waals surface area contributed by atoms with E-state index in [1.54, 1.807) is 0 Å². The van der Waals surface area contributed by atoms with Gasteiger partial charge in [-0.3, -0.25) is 4.79 Å². The van der Waals surface area contributed by atoms with Gasteiger partial charge in [0.1, 0.15) is 11.5 Å². The van der Waals surface area contributed by atoms with Crippen LogP contribution in [0.5, 0.6) is 0 Å². The first-order valence-electron chi connectivity index (χ1n) is 6.86. The summed E-state index contributed by atoms with van der Waals surface area (Å²) in [7, 11) is 0. The number of fused-ring (bicyclic) bond motifs is 1. The highest BCUT2D eigenvalue weighted by Crippen LogP contribution is 2.41. The van der Waals surface area contributed by atoms with Crippen LogP contribution in [-0.4, -0.2) is 11.8 Å². The van der Waals surface area contributed by atoms with Crippen molar-refractivity contribution in [1.29, 1.82) is 0 Å². The third-order valence-electron chi connectivity index (χ3n) is 3.61. The van der Waals surface area contributed by atoms with E-state index in [4.69, 9.17) is 16.0 Å². The maximum atomic E-state index is 11.9. The SMILES string of the molecule is Cc1cc2c(o1)CC(C)(C)CC2NC(=O)CCCCl. The molecule has 1 aromatic rings. The molecular formula is C15H22ClNO2. The highest BCUT2D eigenvalue weighted by Gasteiger charge is 2.35. The van der Waals surface area contributed by atoms with Gasteiger partial charge in [0.25, 0.3) is 0 Å². The molecule has 1 aromatic heterocycles. The van der Waals surface area contributed by atoms with Gasteiger partial charge in [-0.1, -0.05) is 13.8 Å². The molecule has 19 heavy (non-hydrogen) atoms. The van der Waals surface area contributed by atoms with E-state index in [1.165, 1.54) is 0 Å². The standard InChI is InChI=1S/C15H22ClNO2/c1-10-7-11-12(17-14(18)5-4-6-16)8-15(2,3)9-13(11)19-10/h7,12H,4-6,8-9H2,1-3H3,(H,17,18). The van der Waals surface area contributed by atoms with Crippen molar-refractivity contribution in [2.45, 2.75) is 52.5 Å². The number of hydrogen-bond acceptors (Lipinski definition) is 2. The number of carbonyl (C=O) groups excluding carboxylic acids is 1. The van der Waals surface area contributed by atoms with Crippen LogP contribution in [0.25, 0.3) is 0 Å². The first-order valence-corrected chi connectivity index (χ1v) is 7.39. The van der Waals surface area contributed by atoms with E-state index in [2.05, 4.69) is 25.2 Å². The quantitative estimate of drug-likeness (QED) is 0.856. The number of halogens is 1. The number of furan rings is 1. The second-order valence-corrected chi connectivity index (χ2v) is 6.57. The number of nitrogens with one attached hydrogen (secondary N) is 1. The summed E-state index contributed by atoms with van der Waals surface area (Å²) in [5, 5.41) is 3.12. The zero-order valence-corrected chi connectivity index (χ0v) is 12.6. The molecule has 1 aliphatic rings. The predicted molar refractivity (Wildman–Crippen MR) is 76.4 cm³/mol. The summed E-state index contributed by atoms with van der Waals surface area (Å²) < 4.78 is 5.76. The topological polar surface area (TPSA) is 42.2 Å². The maximum absolute atomic E-state index is 11.9. The van der Waals surface area contributed by atoms with Gasteiger partial charge in [0.05, 0.1) is 6.04 Å². The van der Waals surface area contributed by atoms with Gasteiger partial charge in [-0.25, -0.2) is 0 Å². The first kappa shape index (κ1) is 14.4. The molecule has 1 aliphatic carbocycles. The Morgan fingerprint density at radius 3 is 3.00 bits per heavy atom. The summed E-state index contributed by atoms with van der Waals surface area (Å²) in [6.07, 6.45) is 3.10. The normalized spacial score (nSPS) is 20.9. The van der Waals surface area contributed by atoms with Gasteiger partial charge in [0, 0.05) is 24.3 Å². The van der Waals surface area contributed by atoms with Gasteiger partial charge in [0.2, 0.25) is 5.91 Å². The van der Waals surface area contributed by atoms with E-state index < -0.39 is 0 Å². The van der Waals surface area contributed by atoms with Crippen molar-refractivity contribution < 1.29 is 9.21 Å². The van der Waals surface area contributed by atoms with Gasteiger partial charge in [-0.2, -0.15) is 0 Å². The van der Waals surface area contributed by atoms with Crippen LogP contribution in [0.15, 0.2) is 10.5 Å². The van der Waals surface area contributed by atoms with Crippen molar-refractivity contribution in [2.75, 3.05) is 5.88 Å². The van der Waals surface area contributed by atoms with E-state index >= 15 is 0 Å². The number of alkyl halides is 1. The minimum absolute atomic E-state index is 0.0685. The van der Waals surface area contributed by atoms with Crippen molar-refractivity contribution in [2.24, 2.45) is 5.41 Å². The van der Waals surface area contributed by atoms with E-state index in [0.29, 0.717) is 12.3 Å². The Labute approximate surface area is 119 Å². The third kappa shape index (κ3) is 3.53. The number of aryl methyl sites for hydroxylation is 1. The highest BCUT2D eigenvalue weighted by atomic mass is 35.5. The molecule has 4 heteroatoms. The van der Waals surface area contributed by atoms with Crippen molar-refractivity contribution in [3.8, 4) is 0 Å².